The Morgan fingerprint density at radius 1 is 1.18 bits per heavy atom. The third kappa shape index (κ3) is 2.78. The molecule has 0 saturated carbocycles. The van der Waals surface area contributed by atoms with E-state index in [1.807, 2.05) is 6.92 Å². The molecule has 1 aliphatic heterocycles. The molecule has 4 aromatic heterocycles. The van der Waals surface area contributed by atoms with E-state index in [0.717, 1.165) is 50.4 Å². The van der Waals surface area contributed by atoms with E-state index in [9.17, 15) is 8.42 Å². The van der Waals surface area contributed by atoms with E-state index < -0.39 is 10.0 Å². The van der Waals surface area contributed by atoms with Crippen LogP contribution in [0.15, 0.2) is 12.4 Å². The molecule has 146 valence electrons. The monoisotopic (exact) mass is 416 g/mol. The van der Waals surface area contributed by atoms with Crippen LogP contribution in [0, 0.1) is 13.8 Å². The Morgan fingerprint density at radius 2 is 1.93 bits per heavy atom. The summed E-state index contributed by atoms with van der Waals surface area (Å²) in [6.07, 6.45) is 4.43. The quantitative estimate of drug-likeness (QED) is 0.499. The Bertz CT molecular complexity index is 1330. The summed E-state index contributed by atoms with van der Waals surface area (Å²) in [5.74, 6) is 0.921. The standard InChI is InChI=1S/C18H20N6O2S2/c1-10-8-11(2)20-18-13(10)14-15(27-18)17-21-16(22-24(17)9-19-14)12-4-6-23(7-5-12)28(3,25)26/h8-9,12H,4-7H2,1-3H3. The predicted molar refractivity (Wildman–Crippen MR) is 109 cm³/mol. The molecule has 0 aromatic carbocycles. The number of sulfonamides is 1. The molecule has 28 heavy (non-hydrogen) atoms. The van der Waals surface area contributed by atoms with Gasteiger partial charge in [-0.25, -0.2) is 32.2 Å². The molecule has 10 heteroatoms. The van der Waals surface area contributed by atoms with Gasteiger partial charge in [-0.05, 0) is 38.3 Å². The molecule has 0 N–H and O–H groups in total. The minimum absolute atomic E-state index is 0.157. The van der Waals surface area contributed by atoms with Crippen LogP contribution >= 0.6 is 11.3 Å². The van der Waals surface area contributed by atoms with Crippen molar-refractivity contribution in [3.63, 3.8) is 0 Å². The van der Waals surface area contributed by atoms with E-state index in [-0.39, 0.29) is 5.92 Å². The fourth-order valence-electron chi connectivity index (χ4n) is 4.00. The van der Waals surface area contributed by atoms with Crippen molar-refractivity contribution in [2.75, 3.05) is 19.3 Å². The first-order valence-electron chi connectivity index (χ1n) is 9.18. The number of aryl methyl sites for hydroxylation is 2. The number of hydrogen-bond donors (Lipinski definition) is 0. The predicted octanol–water partition coefficient (Wildman–Crippen LogP) is 2.64. The summed E-state index contributed by atoms with van der Waals surface area (Å²) in [7, 11) is -3.14. The zero-order valence-electron chi connectivity index (χ0n) is 15.9. The molecule has 4 aromatic rings. The number of pyridine rings is 1. The van der Waals surface area contributed by atoms with Crippen molar-refractivity contribution in [3.05, 3.63) is 29.5 Å². The zero-order valence-corrected chi connectivity index (χ0v) is 17.5. The van der Waals surface area contributed by atoms with Gasteiger partial charge in [0.15, 0.2) is 11.5 Å². The van der Waals surface area contributed by atoms with Crippen LogP contribution in [0.5, 0.6) is 0 Å². The first-order valence-corrected chi connectivity index (χ1v) is 11.8. The average Bonchev–Trinajstić information content (AvgIpc) is 3.21. The molecule has 1 saturated heterocycles. The maximum absolute atomic E-state index is 11.7. The van der Waals surface area contributed by atoms with Gasteiger partial charge in [-0.15, -0.1) is 16.4 Å². The SMILES string of the molecule is Cc1cc(C)c2c(n1)sc1c2ncn2nc(C3CCN(S(C)(=O)=O)CC3)nc12. The molecule has 0 radical (unpaired) electrons. The Labute approximate surface area is 166 Å². The van der Waals surface area contributed by atoms with Gasteiger partial charge in [-0.3, -0.25) is 0 Å². The molecule has 5 rings (SSSR count). The molecule has 8 nitrogen and oxygen atoms in total. The highest BCUT2D eigenvalue weighted by Gasteiger charge is 2.28. The molecule has 0 spiro atoms. The van der Waals surface area contributed by atoms with Gasteiger partial charge in [0, 0.05) is 30.1 Å². The van der Waals surface area contributed by atoms with Crippen molar-refractivity contribution in [1.82, 2.24) is 28.9 Å². The minimum Gasteiger partial charge on any atom is -0.242 e. The van der Waals surface area contributed by atoms with E-state index >= 15 is 0 Å². The molecule has 1 aliphatic rings. The Hall–Kier alpha value is -2.17. The lowest BCUT2D eigenvalue weighted by Gasteiger charge is -2.28. The molecule has 0 aliphatic carbocycles. The summed E-state index contributed by atoms with van der Waals surface area (Å²) < 4.78 is 27.7. The van der Waals surface area contributed by atoms with Crippen molar-refractivity contribution in [2.45, 2.75) is 32.6 Å². The number of fused-ring (bicyclic) bond motifs is 5. The molecule has 5 heterocycles. The van der Waals surface area contributed by atoms with Crippen LogP contribution in [-0.4, -0.2) is 56.6 Å². The number of hydrogen-bond acceptors (Lipinski definition) is 7. The highest BCUT2D eigenvalue weighted by atomic mass is 32.2. The van der Waals surface area contributed by atoms with E-state index in [4.69, 9.17) is 4.98 Å². The third-order valence-electron chi connectivity index (χ3n) is 5.40. The fraction of sp³-hybridized carbons (Fsp3) is 0.444. The van der Waals surface area contributed by atoms with Crippen LogP contribution in [0.2, 0.25) is 0 Å². The van der Waals surface area contributed by atoms with Crippen LogP contribution < -0.4 is 0 Å². The van der Waals surface area contributed by atoms with Gasteiger partial charge in [0.25, 0.3) is 0 Å². The van der Waals surface area contributed by atoms with E-state index in [1.165, 1.54) is 16.1 Å². The largest absolute Gasteiger partial charge is 0.242 e. The fourth-order valence-corrected chi connectivity index (χ4v) is 6.10. The Balaban J connectivity index is 1.58. The maximum Gasteiger partial charge on any atom is 0.211 e. The number of piperidine rings is 1. The first-order chi connectivity index (χ1) is 13.3. The molecule has 0 amide bonds. The highest BCUT2D eigenvalue weighted by molar-refractivity contribution is 7.88. The lowest BCUT2D eigenvalue weighted by atomic mass is 9.98. The van der Waals surface area contributed by atoms with Gasteiger partial charge in [0.05, 0.1) is 11.8 Å². The first kappa shape index (κ1) is 17.9. The van der Waals surface area contributed by atoms with Crippen molar-refractivity contribution < 1.29 is 8.42 Å². The third-order valence-corrected chi connectivity index (χ3v) is 7.77. The van der Waals surface area contributed by atoms with Gasteiger partial charge in [0.1, 0.15) is 15.9 Å². The summed E-state index contributed by atoms with van der Waals surface area (Å²) >= 11 is 1.60. The summed E-state index contributed by atoms with van der Waals surface area (Å²) in [6.45, 7) is 5.10. The Kier molecular flexibility index (Phi) is 3.94. The van der Waals surface area contributed by atoms with Crippen molar-refractivity contribution in [3.8, 4) is 0 Å². The summed E-state index contributed by atoms with van der Waals surface area (Å²) in [5, 5.41) is 5.73. The Morgan fingerprint density at radius 3 is 2.64 bits per heavy atom. The summed E-state index contributed by atoms with van der Waals surface area (Å²) in [6, 6.07) is 2.07. The molecule has 0 unspecified atom stereocenters. The maximum atomic E-state index is 11.7. The second kappa shape index (κ2) is 6.16. The molecule has 1 fully saturated rings. The smallest absolute Gasteiger partial charge is 0.211 e. The summed E-state index contributed by atoms with van der Waals surface area (Å²) in [4.78, 5) is 15.1. The lowest BCUT2D eigenvalue weighted by Crippen LogP contribution is -2.37. The number of thiophene rings is 1. The van der Waals surface area contributed by atoms with Gasteiger partial charge >= 0.3 is 0 Å². The van der Waals surface area contributed by atoms with Gasteiger partial charge < -0.3 is 0 Å². The number of aromatic nitrogens is 5. The second-order valence-electron chi connectivity index (χ2n) is 7.46. The van der Waals surface area contributed by atoms with E-state index in [1.54, 1.807) is 22.2 Å². The topological polar surface area (TPSA) is 93.4 Å². The van der Waals surface area contributed by atoms with Gasteiger partial charge in [-0.2, -0.15) is 0 Å². The molecular weight excluding hydrogens is 396 g/mol. The van der Waals surface area contributed by atoms with Crippen molar-refractivity contribution >= 4 is 47.4 Å². The van der Waals surface area contributed by atoms with Crippen LogP contribution in [0.25, 0.3) is 26.1 Å². The van der Waals surface area contributed by atoms with Crippen LogP contribution in [0.4, 0.5) is 0 Å². The molecule has 0 atom stereocenters. The van der Waals surface area contributed by atoms with E-state index in [0.29, 0.717) is 13.1 Å². The summed E-state index contributed by atoms with van der Waals surface area (Å²) in [5.41, 5.74) is 3.87. The van der Waals surface area contributed by atoms with Gasteiger partial charge in [0.2, 0.25) is 10.0 Å². The van der Waals surface area contributed by atoms with Gasteiger partial charge in [-0.1, -0.05) is 0 Å². The van der Waals surface area contributed by atoms with Crippen LogP contribution in [-0.2, 0) is 10.0 Å². The minimum atomic E-state index is -3.14. The average molecular weight is 417 g/mol. The lowest BCUT2D eigenvalue weighted by molar-refractivity contribution is 0.315. The number of rotatable bonds is 2. The van der Waals surface area contributed by atoms with Crippen molar-refractivity contribution in [1.29, 1.82) is 0 Å². The zero-order chi connectivity index (χ0) is 19.6. The van der Waals surface area contributed by atoms with E-state index in [2.05, 4.69) is 28.1 Å². The van der Waals surface area contributed by atoms with Crippen LogP contribution in [0.1, 0.15) is 35.8 Å². The highest BCUT2D eigenvalue weighted by Crippen LogP contribution is 2.36. The normalized spacial score (nSPS) is 17.2. The molecular formula is C18H20N6O2S2. The van der Waals surface area contributed by atoms with Crippen molar-refractivity contribution in [2.24, 2.45) is 0 Å². The number of nitrogens with zero attached hydrogens (tertiary/aromatic N) is 6. The second-order valence-corrected chi connectivity index (χ2v) is 10.4. The molecule has 0 bridgehead atoms. The van der Waals surface area contributed by atoms with Crippen LogP contribution in [0.3, 0.4) is 0 Å².